The van der Waals surface area contributed by atoms with Crippen LogP contribution in [0.25, 0.3) is 0 Å². The van der Waals surface area contributed by atoms with Crippen LogP contribution in [0.5, 0.6) is 0 Å². The summed E-state index contributed by atoms with van der Waals surface area (Å²) in [5, 5.41) is 2.16. The van der Waals surface area contributed by atoms with Gasteiger partial charge >= 0.3 is 0 Å². The minimum absolute atomic E-state index is 0.324. The molecule has 0 heterocycles. The minimum Gasteiger partial charge on any atom is -0.346 e. The molecular weight excluding hydrogens is 409 g/mol. The molecule has 0 unspecified atom stereocenters. The molecule has 1 aromatic rings. The molecule has 0 aromatic heterocycles. The number of halogens is 4. The first kappa shape index (κ1) is 14.8. The zero-order valence-electron chi connectivity index (χ0n) is 8.64. The molecule has 0 aliphatic heterocycles. The van der Waals surface area contributed by atoms with Crippen LogP contribution in [0.3, 0.4) is 0 Å². The van der Waals surface area contributed by atoms with Gasteiger partial charge in [0.25, 0.3) is 11.8 Å². The summed E-state index contributed by atoms with van der Waals surface area (Å²) in [6, 6.07) is 5.11. The van der Waals surface area contributed by atoms with Gasteiger partial charge in [-0.3, -0.25) is 4.79 Å². The van der Waals surface area contributed by atoms with Gasteiger partial charge in [0.2, 0.25) is 0 Å². The van der Waals surface area contributed by atoms with Crippen molar-refractivity contribution in [1.82, 2.24) is 5.32 Å². The number of nitrogens with one attached hydrogen (secondary N) is 1. The van der Waals surface area contributed by atoms with Gasteiger partial charge < -0.3 is 11.1 Å². The fourth-order valence-electron chi connectivity index (χ4n) is 1.05. The third-order valence-electron chi connectivity index (χ3n) is 1.98. The Bertz CT molecular complexity index is 429. The van der Waals surface area contributed by atoms with Crippen molar-refractivity contribution in [3.63, 3.8) is 0 Å². The predicted molar refractivity (Wildman–Crippen MR) is 73.2 cm³/mol. The first-order valence-corrected chi connectivity index (χ1v) is 6.54. The number of hydrogen-bond donors (Lipinski definition) is 2. The number of benzene rings is 1. The maximum Gasteiger partial charge on any atom is 0.277 e. The zero-order valence-corrected chi connectivity index (χ0v) is 12.4. The Morgan fingerprint density at radius 1 is 1.53 bits per heavy atom. The second-order valence-corrected chi connectivity index (χ2v) is 5.47. The van der Waals surface area contributed by atoms with Crippen LogP contribution in [0.15, 0.2) is 22.7 Å². The van der Waals surface area contributed by atoms with Crippen LogP contribution >= 0.6 is 38.5 Å². The molecule has 0 spiro atoms. The van der Waals surface area contributed by atoms with Crippen molar-refractivity contribution in [2.24, 2.45) is 5.73 Å². The van der Waals surface area contributed by atoms with Gasteiger partial charge in [0.15, 0.2) is 0 Å². The summed E-state index contributed by atoms with van der Waals surface area (Å²) in [4.78, 5) is 11.7. The van der Waals surface area contributed by atoms with E-state index in [2.05, 4.69) is 21.2 Å². The van der Waals surface area contributed by atoms with Crippen molar-refractivity contribution in [2.75, 3.05) is 13.1 Å². The van der Waals surface area contributed by atoms with E-state index < -0.39 is 24.9 Å². The summed E-state index contributed by atoms with van der Waals surface area (Å²) in [6.45, 7) is -1.55. The van der Waals surface area contributed by atoms with E-state index in [0.717, 1.165) is 3.57 Å². The van der Waals surface area contributed by atoms with Crippen molar-refractivity contribution >= 4 is 44.4 Å². The third-order valence-corrected chi connectivity index (χ3v) is 3.34. The highest BCUT2D eigenvalue weighted by Gasteiger charge is 2.27. The topological polar surface area (TPSA) is 55.1 Å². The van der Waals surface area contributed by atoms with E-state index in [0.29, 0.717) is 10.0 Å². The van der Waals surface area contributed by atoms with Crippen LogP contribution in [-0.2, 0) is 0 Å². The lowest BCUT2D eigenvalue weighted by atomic mass is 10.2. The Hall–Kier alpha value is -0.280. The van der Waals surface area contributed by atoms with Gasteiger partial charge in [0.05, 0.1) is 18.7 Å². The van der Waals surface area contributed by atoms with E-state index in [-0.39, 0.29) is 0 Å². The lowest BCUT2D eigenvalue weighted by Gasteiger charge is -2.15. The molecule has 1 amide bonds. The highest BCUT2D eigenvalue weighted by atomic mass is 127. The molecule has 3 nitrogen and oxygen atoms in total. The summed E-state index contributed by atoms with van der Waals surface area (Å²) in [6.07, 6.45) is 0. The highest BCUT2D eigenvalue weighted by molar-refractivity contribution is 14.1. The van der Waals surface area contributed by atoms with Gasteiger partial charge in [-0.1, -0.05) is 0 Å². The van der Waals surface area contributed by atoms with Crippen molar-refractivity contribution in [3.05, 3.63) is 31.8 Å². The molecule has 0 fully saturated rings. The number of carbonyl (C=O) groups is 1. The Morgan fingerprint density at radius 2 is 2.18 bits per heavy atom. The van der Waals surface area contributed by atoms with Gasteiger partial charge in [-0.15, -0.1) is 0 Å². The monoisotopic (exact) mass is 418 g/mol. The average Bonchev–Trinajstić information content (AvgIpc) is 2.29. The van der Waals surface area contributed by atoms with Gasteiger partial charge in [0.1, 0.15) is 0 Å². The van der Waals surface area contributed by atoms with Crippen LogP contribution in [0.2, 0.25) is 0 Å². The number of hydrogen-bond acceptors (Lipinski definition) is 2. The van der Waals surface area contributed by atoms with Crippen LogP contribution in [-0.4, -0.2) is 24.9 Å². The molecule has 7 heteroatoms. The SMILES string of the molecule is NCC(F)(F)CNC(=O)c1cc(I)ccc1Br. The number of nitrogens with two attached hydrogens (primary N) is 1. The lowest BCUT2D eigenvalue weighted by molar-refractivity contribution is 0.0118. The molecule has 94 valence electrons. The normalized spacial score (nSPS) is 11.4. The molecular formula is C10H10BrF2IN2O. The molecule has 0 radical (unpaired) electrons. The summed E-state index contributed by atoms with van der Waals surface area (Å²) in [5.74, 6) is -3.63. The summed E-state index contributed by atoms with van der Waals surface area (Å²) in [7, 11) is 0. The van der Waals surface area contributed by atoms with E-state index in [4.69, 9.17) is 5.73 Å². The molecule has 0 atom stereocenters. The second kappa shape index (κ2) is 6.05. The first-order valence-electron chi connectivity index (χ1n) is 4.67. The van der Waals surface area contributed by atoms with Crippen LogP contribution < -0.4 is 11.1 Å². The van der Waals surface area contributed by atoms with Crippen molar-refractivity contribution in [3.8, 4) is 0 Å². The van der Waals surface area contributed by atoms with Crippen LogP contribution in [0, 0.1) is 3.57 Å². The maximum atomic E-state index is 12.9. The van der Waals surface area contributed by atoms with E-state index in [9.17, 15) is 13.6 Å². The molecule has 0 aliphatic carbocycles. The molecule has 0 aliphatic rings. The number of rotatable bonds is 4. The number of amides is 1. The fourth-order valence-corrected chi connectivity index (χ4v) is 1.97. The molecule has 0 saturated carbocycles. The Morgan fingerprint density at radius 3 is 2.76 bits per heavy atom. The Balaban J connectivity index is 2.74. The van der Waals surface area contributed by atoms with E-state index in [1.807, 2.05) is 22.6 Å². The van der Waals surface area contributed by atoms with Crippen molar-refractivity contribution < 1.29 is 13.6 Å². The molecule has 0 bridgehead atoms. The van der Waals surface area contributed by atoms with Crippen LogP contribution in [0.1, 0.15) is 10.4 Å². The number of alkyl halides is 2. The van der Waals surface area contributed by atoms with Crippen LogP contribution in [0.4, 0.5) is 8.78 Å². The standard InChI is InChI=1S/C10H10BrF2IN2O/c11-8-2-1-6(14)3-7(8)9(17)16-5-10(12,13)4-15/h1-3H,4-5,15H2,(H,16,17). The van der Waals surface area contributed by atoms with E-state index >= 15 is 0 Å². The van der Waals surface area contributed by atoms with Gasteiger partial charge in [-0.2, -0.15) is 0 Å². The minimum atomic E-state index is -3.08. The predicted octanol–water partition coefficient (Wildman–Crippen LogP) is 2.38. The molecule has 3 N–H and O–H groups in total. The Labute approximate surface area is 119 Å². The molecule has 0 saturated heterocycles. The van der Waals surface area contributed by atoms with Crippen molar-refractivity contribution in [1.29, 1.82) is 0 Å². The fraction of sp³-hybridized carbons (Fsp3) is 0.300. The van der Waals surface area contributed by atoms with Gasteiger partial charge in [0, 0.05) is 8.04 Å². The molecule has 1 aromatic carbocycles. The first-order chi connectivity index (χ1) is 7.85. The summed E-state index contributed by atoms with van der Waals surface area (Å²) < 4.78 is 27.1. The zero-order chi connectivity index (χ0) is 13.1. The summed E-state index contributed by atoms with van der Waals surface area (Å²) in [5.41, 5.74) is 5.20. The van der Waals surface area contributed by atoms with E-state index in [1.54, 1.807) is 18.2 Å². The second-order valence-electron chi connectivity index (χ2n) is 3.37. The molecule has 17 heavy (non-hydrogen) atoms. The summed E-state index contributed by atoms with van der Waals surface area (Å²) >= 11 is 5.23. The Kier molecular flexibility index (Phi) is 5.26. The van der Waals surface area contributed by atoms with Gasteiger partial charge in [-0.05, 0) is 56.7 Å². The quantitative estimate of drug-likeness (QED) is 0.737. The van der Waals surface area contributed by atoms with E-state index in [1.165, 1.54) is 0 Å². The third kappa shape index (κ3) is 4.47. The smallest absolute Gasteiger partial charge is 0.277 e. The number of carbonyl (C=O) groups excluding carboxylic acids is 1. The highest BCUT2D eigenvalue weighted by Crippen LogP contribution is 2.19. The average molecular weight is 419 g/mol. The molecule has 1 rings (SSSR count). The van der Waals surface area contributed by atoms with Gasteiger partial charge in [-0.25, -0.2) is 8.78 Å². The lowest BCUT2D eigenvalue weighted by Crippen LogP contribution is -2.41. The largest absolute Gasteiger partial charge is 0.346 e. The maximum absolute atomic E-state index is 12.9. The van der Waals surface area contributed by atoms with Crippen molar-refractivity contribution in [2.45, 2.75) is 5.92 Å².